The molecular weight excluding hydrogens is 510 g/mol. The monoisotopic (exact) mass is 551 g/mol. The maximum Gasteiger partial charge on any atom is 0.117 e. The molecule has 2 aliphatic heterocycles. The highest BCUT2D eigenvalue weighted by Gasteiger charge is 2.42. The molecule has 40 heavy (non-hydrogen) atoms. The summed E-state index contributed by atoms with van der Waals surface area (Å²) in [5.74, 6) is 1.17. The quantitative estimate of drug-likeness (QED) is 0.243. The van der Waals surface area contributed by atoms with Gasteiger partial charge < -0.3 is 14.7 Å². The number of benzene rings is 3. The van der Waals surface area contributed by atoms with Gasteiger partial charge in [0.05, 0.1) is 18.6 Å². The van der Waals surface area contributed by atoms with E-state index in [2.05, 4.69) is 66.6 Å². The average molecular weight is 552 g/mol. The summed E-state index contributed by atoms with van der Waals surface area (Å²) in [5, 5.41) is 12.2. The third kappa shape index (κ3) is 6.21. The van der Waals surface area contributed by atoms with E-state index >= 15 is 0 Å². The number of aliphatic hydroxyl groups is 1. The first-order valence-electron chi connectivity index (χ1n) is 14.4. The van der Waals surface area contributed by atoms with Crippen LogP contribution in [0.4, 0.5) is 0 Å². The zero-order chi connectivity index (χ0) is 27.8. The number of nitrogens with zero attached hydrogens (tertiary/aromatic N) is 1. The number of likely N-dealkylation sites (tertiary alicyclic amines) is 1. The van der Waals surface area contributed by atoms with E-state index in [1.807, 2.05) is 66.4 Å². The van der Waals surface area contributed by atoms with E-state index in [4.69, 9.17) is 4.74 Å². The van der Waals surface area contributed by atoms with Crippen LogP contribution in [0.3, 0.4) is 0 Å². The summed E-state index contributed by atoms with van der Waals surface area (Å²) in [5.41, 5.74) is 3.83. The van der Waals surface area contributed by atoms with Gasteiger partial charge in [0.2, 0.25) is 0 Å². The van der Waals surface area contributed by atoms with E-state index in [0.717, 1.165) is 73.9 Å². The van der Waals surface area contributed by atoms with Crippen LogP contribution in [0, 0.1) is 5.92 Å². The molecule has 3 aromatic rings. The molecule has 0 saturated carbocycles. The van der Waals surface area contributed by atoms with Crippen molar-refractivity contribution in [1.82, 2.24) is 4.90 Å². The second-order valence-electron chi connectivity index (χ2n) is 11.1. The Balaban J connectivity index is 1.17. The molecule has 208 valence electrons. The number of piperidine rings is 1. The smallest absolute Gasteiger partial charge is 0.117 e. The second kappa shape index (κ2) is 13.2. The van der Waals surface area contributed by atoms with Gasteiger partial charge in [-0.2, -0.15) is 0 Å². The van der Waals surface area contributed by atoms with Crippen LogP contribution in [0.5, 0.6) is 0 Å². The largest absolute Gasteiger partial charge is 0.380 e. The SMILES string of the molecule is C=C/C=C(\C=C)SCC1(c2ccc(CCN3CCC(C(O)(c4ccccc4)c4ccccc4)CC3)cc2)COC1. The molecule has 3 nitrogen and oxygen atoms in total. The van der Waals surface area contributed by atoms with Crippen molar-refractivity contribution in [2.24, 2.45) is 5.92 Å². The highest BCUT2D eigenvalue weighted by Crippen LogP contribution is 2.42. The van der Waals surface area contributed by atoms with Crippen molar-refractivity contribution in [2.45, 2.75) is 30.3 Å². The van der Waals surface area contributed by atoms with E-state index in [9.17, 15) is 5.11 Å². The van der Waals surface area contributed by atoms with Crippen molar-refractivity contribution < 1.29 is 9.84 Å². The molecule has 4 heteroatoms. The van der Waals surface area contributed by atoms with Crippen LogP contribution >= 0.6 is 11.8 Å². The van der Waals surface area contributed by atoms with Crippen LogP contribution in [-0.4, -0.2) is 48.6 Å². The molecule has 0 aliphatic carbocycles. The third-order valence-corrected chi connectivity index (χ3v) is 9.98. The van der Waals surface area contributed by atoms with Gasteiger partial charge in [0.1, 0.15) is 5.60 Å². The Morgan fingerprint density at radius 1 is 0.925 bits per heavy atom. The lowest BCUT2D eigenvalue weighted by Gasteiger charge is -2.42. The van der Waals surface area contributed by atoms with Crippen molar-refractivity contribution in [1.29, 1.82) is 0 Å². The van der Waals surface area contributed by atoms with Crippen molar-refractivity contribution in [3.05, 3.63) is 143 Å². The summed E-state index contributed by atoms with van der Waals surface area (Å²) in [6.07, 6.45) is 8.72. The Hall–Kier alpha value is -2.89. The molecule has 0 bridgehead atoms. The average Bonchev–Trinajstić information content (AvgIpc) is 3.00. The van der Waals surface area contributed by atoms with Crippen molar-refractivity contribution in [3.63, 3.8) is 0 Å². The molecule has 0 aromatic heterocycles. The summed E-state index contributed by atoms with van der Waals surface area (Å²) < 4.78 is 5.66. The molecule has 0 radical (unpaired) electrons. The fourth-order valence-electron chi connectivity index (χ4n) is 6.10. The number of allylic oxidation sites excluding steroid dienone is 3. The molecular formula is C36H41NO2S. The minimum atomic E-state index is -0.960. The maximum absolute atomic E-state index is 12.2. The highest BCUT2D eigenvalue weighted by atomic mass is 32.2. The van der Waals surface area contributed by atoms with Gasteiger partial charge >= 0.3 is 0 Å². The van der Waals surface area contributed by atoms with Crippen LogP contribution in [-0.2, 0) is 22.2 Å². The first-order chi connectivity index (χ1) is 19.6. The predicted octanol–water partition coefficient (Wildman–Crippen LogP) is 7.13. The first kappa shape index (κ1) is 28.6. The minimum absolute atomic E-state index is 0.0721. The molecule has 2 saturated heterocycles. The van der Waals surface area contributed by atoms with E-state index in [0.29, 0.717) is 0 Å². The molecule has 0 amide bonds. The van der Waals surface area contributed by atoms with Crippen LogP contribution in [0.25, 0.3) is 0 Å². The van der Waals surface area contributed by atoms with Gasteiger partial charge in [-0.1, -0.05) is 110 Å². The molecule has 2 aliphatic rings. The fourth-order valence-corrected chi connectivity index (χ4v) is 7.19. The van der Waals surface area contributed by atoms with Gasteiger partial charge in [-0.25, -0.2) is 0 Å². The zero-order valence-electron chi connectivity index (χ0n) is 23.4. The molecule has 0 spiro atoms. The van der Waals surface area contributed by atoms with Crippen molar-refractivity contribution in [2.75, 3.05) is 38.6 Å². The Kier molecular flexibility index (Phi) is 9.44. The van der Waals surface area contributed by atoms with E-state index in [1.54, 1.807) is 0 Å². The van der Waals surface area contributed by atoms with Crippen LogP contribution < -0.4 is 0 Å². The Labute approximate surface area is 244 Å². The van der Waals surface area contributed by atoms with Gasteiger partial charge in [0.15, 0.2) is 0 Å². The minimum Gasteiger partial charge on any atom is -0.380 e. The molecule has 5 rings (SSSR count). The maximum atomic E-state index is 12.2. The van der Waals surface area contributed by atoms with E-state index in [-0.39, 0.29) is 11.3 Å². The Bertz CT molecular complexity index is 1230. The normalized spacial score (nSPS) is 18.2. The molecule has 0 unspecified atom stereocenters. The topological polar surface area (TPSA) is 32.7 Å². The Morgan fingerprint density at radius 2 is 1.52 bits per heavy atom. The zero-order valence-corrected chi connectivity index (χ0v) is 24.2. The second-order valence-corrected chi connectivity index (χ2v) is 12.2. The van der Waals surface area contributed by atoms with Gasteiger partial charge in [0, 0.05) is 17.2 Å². The molecule has 2 heterocycles. The summed E-state index contributed by atoms with van der Waals surface area (Å²) in [4.78, 5) is 3.70. The fraction of sp³-hybridized carbons (Fsp3) is 0.333. The van der Waals surface area contributed by atoms with Gasteiger partial charge in [-0.3, -0.25) is 0 Å². The number of thioether (sulfide) groups is 1. The van der Waals surface area contributed by atoms with Gasteiger partial charge in [-0.05, 0) is 66.6 Å². The van der Waals surface area contributed by atoms with E-state index < -0.39 is 5.60 Å². The molecule has 1 N–H and O–H groups in total. The number of hydrogen-bond acceptors (Lipinski definition) is 4. The summed E-state index contributed by atoms with van der Waals surface area (Å²) in [6, 6.07) is 29.6. The third-order valence-electron chi connectivity index (χ3n) is 8.64. The van der Waals surface area contributed by atoms with Crippen LogP contribution in [0.2, 0.25) is 0 Å². The van der Waals surface area contributed by atoms with Crippen molar-refractivity contribution in [3.8, 4) is 0 Å². The number of rotatable bonds is 12. The lowest BCUT2D eigenvalue weighted by atomic mass is 9.72. The number of ether oxygens (including phenoxy) is 1. The standard InChI is InChI=1S/C36H41NO2S/c1-3-11-34(4-2)40-28-35(26-39-27-35)30-18-16-29(17-19-30)20-23-37-24-21-33(22-25-37)36(38,31-12-7-5-8-13-31)32-14-9-6-10-15-32/h3-19,33,38H,1-2,20-28H2/b34-11+. The molecule has 2 fully saturated rings. The molecule has 3 aromatic carbocycles. The van der Waals surface area contributed by atoms with Gasteiger partial charge in [0.25, 0.3) is 0 Å². The Morgan fingerprint density at radius 3 is 2.02 bits per heavy atom. The van der Waals surface area contributed by atoms with Crippen molar-refractivity contribution >= 4 is 11.8 Å². The van der Waals surface area contributed by atoms with E-state index in [1.165, 1.54) is 11.1 Å². The predicted molar refractivity (Wildman–Crippen MR) is 169 cm³/mol. The van der Waals surface area contributed by atoms with Crippen LogP contribution in [0.1, 0.15) is 35.1 Å². The lowest BCUT2D eigenvalue weighted by molar-refractivity contribution is -0.0472. The van der Waals surface area contributed by atoms with Crippen LogP contribution in [0.15, 0.2) is 121 Å². The molecule has 0 atom stereocenters. The number of hydrogen-bond donors (Lipinski definition) is 1. The summed E-state index contributed by atoms with van der Waals surface area (Å²) in [7, 11) is 0. The first-order valence-corrected chi connectivity index (χ1v) is 15.4. The lowest BCUT2D eigenvalue weighted by Crippen LogP contribution is -2.48. The van der Waals surface area contributed by atoms with Gasteiger partial charge in [-0.15, -0.1) is 11.8 Å². The summed E-state index contributed by atoms with van der Waals surface area (Å²) >= 11 is 1.82. The summed E-state index contributed by atoms with van der Waals surface area (Å²) in [6.45, 7) is 12.3. The highest BCUT2D eigenvalue weighted by molar-refractivity contribution is 8.03.